The summed E-state index contributed by atoms with van der Waals surface area (Å²) in [5.74, 6) is -0.173. The number of hydrogen-bond acceptors (Lipinski definition) is 5. The van der Waals surface area contributed by atoms with E-state index in [1.807, 2.05) is 0 Å². The van der Waals surface area contributed by atoms with Crippen molar-refractivity contribution < 1.29 is 9.53 Å². The van der Waals surface area contributed by atoms with Crippen LogP contribution in [-0.4, -0.2) is 19.6 Å². The number of ether oxygens (including phenoxy) is 1. The van der Waals surface area contributed by atoms with Crippen LogP contribution < -0.4 is 5.32 Å². The van der Waals surface area contributed by atoms with E-state index in [1.165, 1.54) is 16.9 Å². The van der Waals surface area contributed by atoms with Crippen molar-refractivity contribution in [2.75, 3.05) is 13.7 Å². The predicted molar refractivity (Wildman–Crippen MR) is 79.7 cm³/mol. The van der Waals surface area contributed by atoms with Crippen LogP contribution in [0.4, 0.5) is 0 Å². The molecule has 2 heterocycles. The molecular formula is C14H17NO2S2. The summed E-state index contributed by atoms with van der Waals surface area (Å²) in [7, 11) is 1.42. The largest absolute Gasteiger partial charge is 0.469 e. The molecule has 0 radical (unpaired) electrons. The number of thiophene rings is 2. The van der Waals surface area contributed by atoms with Gasteiger partial charge >= 0.3 is 5.97 Å². The SMILES string of the molecule is COC(=O)CCNC(Cc1cccs1)c1cccs1. The van der Waals surface area contributed by atoms with Gasteiger partial charge in [0.1, 0.15) is 0 Å². The molecule has 0 bridgehead atoms. The number of carbonyl (C=O) groups excluding carboxylic acids is 1. The lowest BCUT2D eigenvalue weighted by Crippen LogP contribution is -2.25. The van der Waals surface area contributed by atoms with Crippen molar-refractivity contribution in [1.82, 2.24) is 5.32 Å². The molecule has 0 fully saturated rings. The smallest absolute Gasteiger partial charge is 0.306 e. The van der Waals surface area contributed by atoms with E-state index in [-0.39, 0.29) is 12.0 Å². The summed E-state index contributed by atoms with van der Waals surface area (Å²) in [6, 6.07) is 8.67. The van der Waals surface area contributed by atoms with Gasteiger partial charge in [0.25, 0.3) is 0 Å². The van der Waals surface area contributed by atoms with Gasteiger partial charge < -0.3 is 10.1 Å². The van der Waals surface area contributed by atoms with E-state index in [0.717, 1.165) is 6.42 Å². The molecule has 2 rings (SSSR count). The molecule has 1 atom stereocenters. The Morgan fingerprint density at radius 3 is 2.74 bits per heavy atom. The van der Waals surface area contributed by atoms with Crippen molar-refractivity contribution in [3.05, 3.63) is 44.8 Å². The molecule has 102 valence electrons. The highest BCUT2D eigenvalue weighted by molar-refractivity contribution is 7.10. The van der Waals surface area contributed by atoms with Crippen LogP contribution in [0.3, 0.4) is 0 Å². The van der Waals surface area contributed by atoms with Crippen molar-refractivity contribution in [3.8, 4) is 0 Å². The van der Waals surface area contributed by atoms with Gasteiger partial charge in [-0.2, -0.15) is 0 Å². The highest BCUT2D eigenvalue weighted by Crippen LogP contribution is 2.24. The average molecular weight is 295 g/mol. The summed E-state index contributed by atoms with van der Waals surface area (Å²) in [6.07, 6.45) is 1.36. The summed E-state index contributed by atoms with van der Waals surface area (Å²) in [6.45, 7) is 0.639. The van der Waals surface area contributed by atoms with Crippen molar-refractivity contribution in [1.29, 1.82) is 0 Å². The minimum atomic E-state index is -0.173. The zero-order valence-electron chi connectivity index (χ0n) is 10.8. The van der Waals surface area contributed by atoms with E-state index in [9.17, 15) is 4.79 Å². The average Bonchev–Trinajstić information content (AvgIpc) is 3.10. The fourth-order valence-corrected chi connectivity index (χ4v) is 3.40. The molecule has 19 heavy (non-hydrogen) atoms. The lowest BCUT2D eigenvalue weighted by atomic mass is 10.1. The maximum atomic E-state index is 11.1. The number of esters is 1. The van der Waals surface area contributed by atoms with Crippen molar-refractivity contribution in [2.45, 2.75) is 18.9 Å². The Kier molecular flexibility index (Phi) is 5.57. The Hall–Kier alpha value is -1.17. The van der Waals surface area contributed by atoms with Gasteiger partial charge in [-0.15, -0.1) is 22.7 Å². The zero-order chi connectivity index (χ0) is 13.5. The van der Waals surface area contributed by atoms with Crippen LogP contribution in [0.2, 0.25) is 0 Å². The van der Waals surface area contributed by atoms with Gasteiger partial charge in [0, 0.05) is 28.8 Å². The third kappa shape index (κ3) is 4.45. The van der Waals surface area contributed by atoms with Crippen LogP contribution in [0.1, 0.15) is 22.2 Å². The monoisotopic (exact) mass is 295 g/mol. The van der Waals surface area contributed by atoms with Crippen LogP contribution in [0.5, 0.6) is 0 Å². The highest BCUT2D eigenvalue weighted by Gasteiger charge is 2.14. The van der Waals surface area contributed by atoms with Crippen molar-refractivity contribution >= 4 is 28.6 Å². The van der Waals surface area contributed by atoms with Gasteiger partial charge in [-0.25, -0.2) is 0 Å². The van der Waals surface area contributed by atoms with Gasteiger partial charge in [-0.3, -0.25) is 4.79 Å². The fourth-order valence-electron chi connectivity index (χ4n) is 1.84. The van der Waals surface area contributed by atoms with Crippen molar-refractivity contribution in [3.63, 3.8) is 0 Å². The van der Waals surface area contributed by atoms with Gasteiger partial charge in [0.05, 0.1) is 13.5 Å². The van der Waals surface area contributed by atoms with Crippen LogP contribution in [0, 0.1) is 0 Å². The molecular weight excluding hydrogens is 278 g/mol. The number of carbonyl (C=O) groups is 1. The molecule has 0 aliphatic carbocycles. The van der Waals surface area contributed by atoms with Crippen LogP contribution in [0.15, 0.2) is 35.0 Å². The summed E-state index contributed by atoms with van der Waals surface area (Å²) in [5, 5.41) is 7.62. The number of rotatable bonds is 7. The first-order valence-electron chi connectivity index (χ1n) is 6.15. The normalized spacial score (nSPS) is 12.3. The quantitative estimate of drug-likeness (QED) is 0.797. The second-order valence-corrected chi connectivity index (χ2v) is 6.14. The Balaban J connectivity index is 1.93. The molecule has 1 N–H and O–H groups in total. The lowest BCUT2D eigenvalue weighted by molar-refractivity contribution is -0.140. The zero-order valence-corrected chi connectivity index (χ0v) is 12.4. The van der Waals surface area contributed by atoms with E-state index in [2.05, 4.69) is 45.1 Å². The molecule has 2 aromatic rings. The predicted octanol–water partition coefficient (Wildman–Crippen LogP) is 3.25. The first kappa shape index (κ1) is 14.2. The van der Waals surface area contributed by atoms with Crippen LogP contribution in [-0.2, 0) is 16.0 Å². The Labute approximate surface area is 121 Å². The Morgan fingerprint density at radius 2 is 2.11 bits per heavy atom. The lowest BCUT2D eigenvalue weighted by Gasteiger charge is -2.16. The minimum Gasteiger partial charge on any atom is -0.469 e. The highest BCUT2D eigenvalue weighted by atomic mass is 32.1. The maximum Gasteiger partial charge on any atom is 0.306 e. The summed E-state index contributed by atoms with van der Waals surface area (Å²) in [4.78, 5) is 13.8. The van der Waals surface area contributed by atoms with E-state index < -0.39 is 0 Å². The van der Waals surface area contributed by atoms with E-state index in [1.54, 1.807) is 22.7 Å². The van der Waals surface area contributed by atoms with Crippen LogP contribution in [0.25, 0.3) is 0 Å². The Morgan fingerprint density at radius 1 is 1.32 bits per heavy atom. The third-order valence-corrected chi connectivity index (χ3v) is 4.70. The van der Waals surface area contributed by atoms with Gasteiger partial charge in [0.15, 0.2) is 0 Å². The van der Waals surface area contributed by atoms with E-state index in [0.29, 0.717) is 13.0 Å². The third-order valence-electron chi connectivity index (χ3n) is 2.82. The number of methoxy groups -OCH3 is 1. The molecule has 0 aliphatic rings. The topological polar surface area (TPSA) is 38.3 Å². The minimum absolute atomic E-state index is 0.173. The van der Waals surface area contributed by atoms with E-state index >= 15 is 0 Å². The molecule has 0 aliphatic heterocycles. The van der Waals surface area contributed by atoms with Gasteiger partial charge in [0.2, 0.25) is 0 Å². The van der Waals surface area contributed by atoms with Crippen molar-refractivity contribution in [2.24, 2.45) is 0 Å². The molecule has 2 aromatic heterocycles. The maximum absolute atomic E-state index is 11.1. The Bertz CT molecular complexity index is 480. The molecule has 0 amide bonds. The second-order valence-electron chi connectivity index (χ2n) is 4.13. The molecule has 5 heteroatoms. The summed E-state index contributed by atoms with van der Waals surface area (Å²) in [5.41, 5.74) is 0. The fraction of sp³-hybridized carbons (Fsp3) is 0.357. The number of hydrogen-bond donors (Lipinski definition) is 1. The van der Waals surface area contributed by atoms with Gasteiger partial charge in [-0.05, 0) is 22.9 Å². The molecule has 3 nitrogen and oxygen atoms in total. The van der Waals surface area contributed by atoms with Gasteiger partial charge in [-0.1, -0.05) is 12.1 Å². The molecule has 0 saturated carbocycles. The first-order valence-corrected chi connectivity index (χ1v) is 7.91. The van der Waals surface area contributed by atoms with Crippen LogP contribution >= 0.6 is 22.7 Å². The summed E-state index contributed by atoms with van der Waals surface area (Å²) >= 11 is 3.51. The summed E-state index contributed by atoms with van der Waals surface area (Å²) < 4.78 is 4.65. The molecule has 0 aromatic carbocycles. The molecule has 0 spiro atoms. The molecule has 0 saturated heterocycles. The standard InChI is InChI=1S/C14H17NO2S2/c1-17-14(16)6-7-15-12(13-5-3-9-19-13)10-11-4-2-8-18-11/h2-5,8-9,12,15H,6-7,10H2,1H3. The van der Waals surface area contributed by atoms with E-state index in [4.69, 9.17) is 0 Å². The second kappa shape index (κ2) is 7.43. The molecule has 1 unspecified atom stereocenters. The number of nitrogens with one attached hydrogen (secondary N) is 1. The first-order chi connectivity index (χ1) is 9.29.